The van der Waals surface area contributed by atoms with Gasteiger partial charge in [-0.05, 0) is 53.8 Å². The molecule has 0 spiro atoms. The van der Waals surface area contributed by atoms with Crippen molar-refractivity contribution in [2.75, 3.05) is 13.2 Å². The largest absolute Gasteiger partial charge is 0.457 e. The fourth-order valence-corrected chi connectivity index (χ4v) is 4.49. The van der Waals surface area contributed by atoms with Crippen LogP contribution in [-0.4, -0.2) is 29.0 Å². The van der Waals surface area contributed by atoms with Crippen molar-refractivity contribution in [3.8, 4) is 11.5 Å². The minimum absolute atomic E-state index is 0.228. The Kier molecular flexibility index (Phi) is 6.44. The van der Waals surface area contributed by atoms with E-state index in [1.54, 1.807) is 0 Å². The van der Waals surface area contributed by atoms with Crippen molar-refractivity contribution in [1.29, 1.82) is 0 Å². The van der Waals surface area contributed by atoms with Gasteiger partial charge < -0.3 is 20.7 Å². The molecule has 30 heavy (non-hydrogen) atoms. The summed E-state index contributed by atoms with van der Waals surface area (Å²) >= 11 is 1.83. The van der Waals surface area contributed by atoms with E-state index in [4.69, 9.17) is 10.5 Å². The fourth-order valence-electron chi connectivity index (χ4n) is 3.58. The number of hydrogen-bond acceptors (Lipinski definition) is 5. The number of fused-ring (bicyclic) bond motifs is 2. The number of ether oxygens (including phenoxy) is 1. The Morgan fingerprint density at radius 3 is 2.30 bits per heavy atom. The summed E-state index contributed by atoms with van der Waals surface area (Å²) in [7, 11) is 0. The molecule has 0 atom stereocenters. The summed E-state index contributed by atoms with van der Waals surface area (Å²) in [5, 5.41) is 18.8. The van der Waals surface area contributed by atoms with Gasteiger partial charge in [-0.1, -0.05) is 42.5 Å². The van der Waals surface area contributed by atoms with Crippen molar-refractivity contribution in [3.63, 3.8) is 0 Å². The minimum atomic E-state index is -0.941. The first-order chi connectivity index (χ1) is 14.6. The Labute approximate surface area is 181 Å². The lowest BCUT2D eigenvalue weighted by atomic mass is 9.92. The number of benzene rings is 3. The Hall–Kier alpha value is -2.31. The average Bonchev–Trinajstić information content (AvgIpc) is 2.80. The van der Waals surface area contributed by atoms with Crippen LogP contribution < -0.4 is 10.5 Å². The Morgan fingerprint density at radius 1 is 0.867 bits per heavy atom. The van der Waals surface area contributed by atoms with Crippen LogP contribution in [0.1, 0.15) is 28.7 Å². The average molecular weight is 422 g/mol. The molecule has 3 aromatic rings. The molecule has 3 aromatic carbocycles. The van der Waals surface area contributed by atoms with Crippen LogP contribution in [0.2, 0.25) is 0 Å². The first-order valence-corrected chi connectivity index (χ1v) is 11.2. The molecule has 0 aromatic heterocycles. The van der Waals surface area contributed by atoms with Crippen LogP contribution in [0.15, 0.2) is 71.6 Å². The molecule has 1 aliphatic heterocycles. The quantitative estimate of drug-likeness (QED) is 0.370. The van der Waals surface area contributed by atoms with Crippen molar-refractivity contribution in [3.05, 3.63) is 89.0 Å². The Morgan fingerprint density at radius 2 is 1.57 bits per heavy atom. The molecule has 0 amide bonds. The summed E-state index contributed by atoms with van der Waals surface area (Å²) in [6, 6.07) is 23.1. The van der Waals surface area contributed by atoms with Gasteiger partial charge in [-0.25, -0.2) is 0 Å². The number of aryl methyl sites for hydroxylation is 1. The molecule has 5 heteroatoms. The second-order valence-corrected chi connectivity index (χ2v) is 8.99. The van der Waals surface area contributed by atoms with Crippen LogP contribution in [0.3, 0.4) is 0 Å². The van der Waals surface area contributed by atoms with Crippen molar-refractivity contribution >= 4 is 11.8 Å². The topological polar surface area (TPSA) is 75.7 Å². The van der Waals surface area contributed by atoms with Crippen LogP contribution >= 0.6 is 11.8 Å². The maximum absolute atomic E-state index is 9.40. The van der Waals surface area contributed by atoms with E-state index in [1.807, 2.05) is 30.0 Å². The molecule has 4 rings (SSSR count). The Bertz CT molecular complexity index is 1000. The first-order valence-electron chi connectivity index (χ1n) is 10.2. The summed E-state index contributed by atoms with van der Waals surface area (Å²) in [6.45, 7) is -0.456. The third-order valence-electron chi connectivity index (χ3n) is 5.55. The van der Waals surface area contributed by atoms with Gasteiger partial charge in [0.2, 0.25) is 0 Å². The lowest BCUT2D eigenvalue weighted by Crippen LogP contribution is -2.47. The summed E-state index contributed by atoms with van der Waals surface area (Å²) in [4.78, 5) is 1.24. The standard InChI is InChI=1S/C25H27NO3S/c26-25(16-27,17-28)11-10-18-6-8-23-20(12-18)13-21-14-22(7-9-24(21)29-23)30-15-19-4-2-1-3-5-19/h1-9,12,14,27-28H,10-11,13,15-17,26H2. The number of nitrogens with two attached hydrogens (primary N) is 1. The third-order valence-corrected chi connectivity index (χ3v) is 6.61. The van der Waals surface area contributed by atoms with Gasteiger partial charge in [0.25, 0.3) is 0 Å². The SMILES string of the molecule is NC(CO)(CO)CCc1ccc2c(c1)Cc1cc(SCc3ccccc3)ccc1O2. The molecule has 1 heterocycles. The van der Waals surface area contributed by atoms with E-state index in [1.165, 1.54) is 16.0 Å². The van der Waals surface area contributed by atoms with Crippen LogP contribution in [-0.2, 0) is 18.6 Å². The van der Waals surface area contributed by atoms with E-state index < -0.39 is 5.54 Å². The normalized spacial score (nSPS) is 12.8. The van der Waals surface area contributed by atoms with Gasteiger partial charge in [0, 0.05) is 22.6 Å². The highest BCUT2D eigenvalue weighted by molar-refractivity contribution is 7.98. The second kappa shape index (κ2) is 9.23. The molecular weight excluding hydrogens is 394 g/mol. The van der Waals surface area contributed by atoms with E-state index in [9.17, 15) is 10.2 Å². The summed E-state index contributed by atoms with van der Waals surface area (Å²) in [6.07, 6.45) is 2.05. The van der Waals surface area contributed by atoms with Crippen LogP contribution in [0.5, 0.6) is 11.5 Å². The molecule has 4 N–H and O–H groups in total. The van der Waals surface area contributed by atoms with Crippen molar-refractivity contribution in [2.45, 2.75) is 35.4 Å². The van der Waals surface area contributed by atoms with Gasteiger partial charge in [0.15, 0.2) is 0 Å². The third kappa shape index (κ3) is 4.87. The minimum Gasteiger partial charge on any atom is -0.457 e. The molecule has 0 bridgehead atoms. The predicted molar refractivity (Wildman–Crippen MR) is 121 cm³/mol. The highest BCUT2D eigenvalue weighted by Gasteiger charge is 2.23. The van der Waals surface area contributed by atoms with Gasteiger partial charge in [-0.2, -0.15) is 0 Å². The fraction of sp³-hybridized carbons (Fsp3) is 0.280. The van der Waals surface area contributed by atoms with Crippen LogP contribution in [0, 0.1) is 0 Å². The van der Waals surface area contributed by atoms with Crippen LogP contribution in [0.4, 0.5) is 0 Å². The molecule has 156 valence electrons. The van der Waals surface area contributed by atoms with E-state index in [0.717, 1.165) is 34.8 Å². The number of rotatable bonds is 8. The molecule has 0 saturated carbocycles. The maximum atomic E-state index is 9.40. The monoisotopic (exact) mass is 421 g/mol. The number of hydrogen-bond donors (Lipinski definition) is 3. The number of thioether (sulfide) groups is 1. The highest BCUT2D eigenvalue weighted by atomic mass is 32.2. The first kappa shape index (κ1) is 20.9. The molecule has 0 fully saturated rings. The molecule has 4 nitrogen and oxygen atoms in total. The molecule has 0 saturated heterocycles. The lowest BCUT2D eigenvalue weighted by molar-refractivity contribution is 0.115. The zero-order valence-electron chi connectivity index (χ0n) is 16.9. The number of aliphatic hydroxyl groups is 2. The molecular formula is C25H27NO3S. The van der Waals surface area contributed by atoms with E-state index in [0.29, 0.717) is 12.8 Å². The van der Waals surface area contributed by atoms with Crippen molar-refractivity contribution in [1.82, 2.24) is 0 Å². The Balaban J connectivity index is 1.45. The van der Waals surface area contributed by atoms with E-state index in [-0.39, 0.29) is 13.2 Å². The maximum Gasteiger partial charge on any atom is 0.131 e. The summed E-state index contributed by atoms with van der Waals surface area (Å²) < 4.78 is 6.12. The van der Waals surface area contributed by atoms with Gasteiger partial charge in [-0.3, -0.25) is 0 Å². The molecule has 0 aliphatic carbocycles. The lowest BCUT2D eigenvalue weighted by Gasteiger charge is -2.25. The zero-order valence-corrected chi connectivity index (χ0v) is 17.7. The summed E-state index contributed by atoms with van der Waals surface area (Å²) in [5.41, 5.74) is 9.85. The van der Waals surface area contributed by atoms with E-state index >= 15 is 0 Å². The second-order valence-electron chi connectivity index (χ2n) is 7.94. The van der Waals surface area contributed by atoms with Gasteiger partial charge in [-0.15, -0.1) is 11.8 Å². The molecule has 1 aliphatic rings. The zero-order chi connectivity index (χ0) is 21.0. The number of aliphatic hydroxyl groups excluding tert-OH is 2. The highest BCUT2D eigenvalue weighted by Crippen LogP contribution is 2.39. The molecule has 0 unspecified atom stereocenters. The van der Waals surface area contributed by atoms with Crippen LogP contribution in [0.25, 0.3) is 0 Å². The smallest absolute Gasteiger partial charge is 0.131 e. The van der Waals surface area contributed by atoms with Gasteiger partial charge in [0.1, 0.15) is 11.5 Å². The van der Waals surface area contributed by atoms with Gasteiger partial charge >= 0.3 is 0 Å². The predicted octanol–water partition coefficient (Wildman–Crippen LogP) is 4.29. The summed E-state index contributed by atoms with van der Waals surface area (Å²) in [5.74, 6) is 2.75. The van der Waals surface area contributed by atoms with Crippen molar-refractivity contribution in [2.24, 2.45) is 5.73 Å². The van der Waals surface area contributed by atoms with Crippen molar-refractivity contribution < 1.29 is 14.9 Å². The molecule has 0 radical (unpaired) electrons. The van der Waals surface area contributed by atoms with Gasteiger partial charge in [0.05, 0.1) is 18.8 Å². The van der Waals surface area contributed by atoms with E-state index in [2.05, 4.69) is 48.5 Å².